The highest BCUT2D eigenvalue weighted by atomic mass is 35.5. The second-order valence-corrected chi connectivity index (χ2v) is 6.52. The molecule has 0 aliphatic rings. The normalized spacial score (nSPS) is 10.8. The third-order valence-corrected chi connectivity index (χ3v) is 4.46. The van der Waals surface area contributed by atoms with Gasteiger partial charge in [0.15, 0.2) is 6.61 Å². The molecule has 0 spiro atoms. The van der Waals surface area contributed by atoms with Crippen LogP contribution < -0.4 is 0 Å². The van der Waals surface area contributed by atoms with E-state index in [4.69, 9.17) is 20.8 Å². The Balaban J connectivity index is 1.61. The van der Waals surface area contributed by atoms with Crippen LogP contribution in [0, 0.1) is 0 Å². The van der Waals surface area contributed by atoms with Gasteiger partial charge in [-0.05, 0) is 24.3 Å². The fourth-order valence-corrected chi connectivity index (χ4v) is 3.06. The minimum atomic E-state index is -0.531. The average molecular weight is 351 g/mol. The summed E-state index contributed by atoms with van der Waals surface area (Å²) in [5.41, 5.74) is 1.12. The van der Waals surface area contributed by atoms with Gasteiger partial charge in [0.25, 0.3) is 0 Å². The molecule has 1 N–H and O–H groups in total. The Labute approximate surface area is 140 Å². The van der Waals surface area contributed by atoms with Gasteiger partial charge >= 0.3 is 5.97 Å². The van der Waals surface area contributed by atoms with Crippen molar-refractivity contribution in [2.75, 3.05) is 6.61 Å². The van der Waals surface area contributed by atoms with E-state index < -0.39 is 5.97 Å². The molecule has 0 radical (unpaired) electrons. The van der Waals surface area contributed by atoms with Crippen LogP contribution in [0.3, 0.4) is 0 Å². The molecule has 5 nitrogen and oxygen atoms in total. The predicted molar refractivity (Wildman–Crippen MR) is 86.2 cm³/mol. The van der Waals surface area contributed by atoms with Gasteiger partial charge in [-0.1, -0.05) is 11.6 Å². The predicted octanol–water partition coefficient (Wildman–Crippen LogP) is 3.82. The fraction of sp³-hybridized carbons (Fsp3) is 0.125. The third kappa shape index (κ3) is 3.55. The van der Waals surface area contributed by atoms with Crippen molar-refractivity contribution < 1.29 is 23.8 Å². The minimum Gasteiger partial charge on any atom is -0.508 e. The van der Waals surface area contributed by atoms with E-state index in [0.717, 1.165) is 16.7 Å². The lowest BCUT2D eigenvalue weighted by atomic mass is 10.1. The maximum atomic E-state index is 11.9. The lowest BCUT2D eigenvalue weighted by molar-refractivity contribution is -0.141. The first kappa shape index (κ1) is 15.6. The van der Waals surface area contributed by atoms with Crippen LogP contribution in [0.2, 0.25) is 4.34 Å². The van der Waals surface area contributed by atoms with Crippen molar-refractivity contribution >= 4 is 45.7 Å². The number of halogens is 1. The summed E-state index contributed by atoms with van der Waals surface area (Å²) in [7, 11) is 0. The van der Waals surface area contributed by atoms with Crippen molar-refractivity contribution in [2.24, 2.45) is 0 Å². The zero-order valence-electron chi connectivity index (χ0n) is 11.7. The third-order valence-electron chi connectivity index (χ3n) is 3.19. The summed E-state index contributed by atoms with van der Waals surface area (Å²) in [5.74, 6) is -0.741. The maximum Gasteiger partial charge on any atom is 0.310 e. The molecule has 2 heterocycles. The van der Waals surface area contributed by atoms with E-state index in [1.165, 1.54) is 18.4 Å². The molecule has 0 aliphatic carbocycles. The summed E-state index contributed by atoms with van der Waals surface area (Å²) in [6, 6.07) is 7.86. The summed E-state index contributed by atoms with van der Waals surface area (Å²) in [6.07, 6.45) is 1.42. The van der Waals surface area contributed by atoms with Crippen molar-refractivity contribution in [3.63, 3.8) is 0 Å². The van der Waals surface area contributed by atoms with Gasteiger partial charge in [0, 0.05) is 17.0 Å². The monoisotopic (exact) mass is 350 g/mol. The van der Waals surface area contributed by atoms with Crippen LogP contribution in [0.15, 0.2) is 41.0 Å². The smallest absolute Gasteiger partial charge is 0.310 e. The van der Waals surface area contributed by atoms with Gasteiger partial charge in [0.1, 0.15) is 11.3 Å². The molecule has 0 atom stereocenters. The zero-order chi connectivity index (χ0) is 16.4. The molecule has 23 heavy (non-hydrogen) atoms. The van der Waals surface area contributed by atoms with E-state index >= 15 is 0 Å². The number of ketones is 1. The molecule has 118 valence electrons. The summed E-state index contributed by atoms with van der Waals surface area (Å²) >= 11 is 6.90. The number of Topliss-reactive ketones (excluding diaryl/α,β-unsaturated/α-hetero) is 1. The zero-order valence-corrected chi connectivity index (χ0v) is 13.3. The quantitative estimate of drug-likeness (QED) is 0.559. The Bertz CT molecular complexity index is 880. The molecule has 2 aromatic heterocycles. The van der Waals surface area contributed by atoms with E-state index in [-0.39, 0.29) is 24.6 Å². The molecule has 3 rings (SSSR count). The van der Waals surface area contributed by atoms with E-state index in [0.29, 0.717) is 20.4 Å². The van der Waals surface area contributed by atoms with Crippen molar-refractivity contribution in [1.82, 2.24) is 0 Å². The molecule has 0 bridgehead atoms. The van der Waals surface area contributed by atoms with E-state index in [1.54, 1.807) is 18.2 Å². The molecular formula is C16H11ClO5S. The molecule has 0 saturated carbocycles. The Kier molecular flexibility index (Phi) is 4.36. The number of rotatable bonds is 5. The van der Waals surface area contributed by atoms with Crippen LogP contribution >= 0.6 is 22.9 Å². The summed E-state index contributed by atoms with van der Waals surface area (Å²) in [5, 5.41) is 10.1. The van der Waals surface area contributed by atoms with Crippen molar-refractivity contribution in [3.05, 3.63) is 51.4 Å². The highest BCUT2D eigenvalue weighted by Gasteiger charge is 2.15. The number of carbonyl (C=O) groups is 2. The van der Waals surface area contributed by atoms with Crippen LogP contribution in [-0.2, 0) is 16.0 Å². The Morgan fingerprint density at radius 1 is 1.26 bits per heavy atom. The molecule has 1 aromatic carbocycles. The van der Waals surface area contributed by atoms with Crippen molar-refractivity contribution in [2.45, 2.75) is 6.42 Å². The highest BCUT2D eigenvalue weighted by Crippen LogP contribution is 2.25. The molecule has 0 amide bonds. The fourth-order valence-electron chi connectivity index (χ4n) is 2.10. The summed E-state index contributed by atoms with van der Waals surface area (Å²) in [4.78, 5) is 24.2. The summed E-state index contributed by atoms with van der Waals surface area (Å²) < 4.78 is 10.8. The highest BCUT2D eigenvalue weighted by molar-refractivity contribution is 7.18. The van der Waals surface area contributed by atoms with Gasteiger partial charge in [0.05, 0.1) is 21.9 Å². The standard InChI is InChI=1S/C16H11ClO5S/c17-15-4-3-14(23-15)12(19)8-22-16(20)5-9-7-21-13-6-10(18)1-2-11(9)13/h1-4,6-7,18H,5,8H2. The maximum absolute atomic E-state index is 11.9. The van der Waals surface area contributed by atoms with Gasteiger partial charge in [-0.3, -0.25) is 9.59 Å². The number of ether oxygens (including phenoxy) is 1. The van der Waals surface area contributed by atoms with E-state index in [1.807, 2.05) is 0 Å². The lowest BCUT2D eigenvalue weighted by Gasteiger charge is -2.02. The molecule has 0 fully saturated rings. The first-order chi connectivity index (χ1) is 11.0. The van der Waals surface area contributed by atoms with Gasteiger partial charge in [0.2, 0.25) is 5.78 Å². The van der Waals surface area contributed by atoms with Crippen LogP contribution in [0.25, 0.3) is 11.0 Å². The number of carbonyl (C=O) groups excluding carboxylic acids is 2. The SMILES string of the molecule is O=C(Cc1coc2cc(O)ccc12)OCC(=O)c1ccc(Cl)s1. The van der Waals surface area contributed by atoms with Gasteiger partial charge < -0.3 is 14.3 Å². The second kappa shape index (κ2) is 6.44. The first-order valence-corrected chi connectivity index (χ1v) is 7.85. The Morgan fingerprint density at radius 3 is 2.83 bits per heavy atom. The number of furan rings is 1. The average Bonchev–Trinajstić information content (AvgIpc) is 3.11. The number of esters is 1. The van der Waals surface area contributed by atoms with Crippen LogP contribution in [0.4, 0.5) is 0 Å². The first-order valence-electron chi connectivity index (χ1n) is 6.66. The summed E-state index contributed by atoms with van der Waals surface area (Å²) in [6.45, 7) is -0.327. The van der Waals surface area contributed by atoms with E-state index in [9.17, 15) is 14.7 Å². The number of aromatic hydroxyl groups is 1. The number of fused-ring (bicyclic) bond motifs is 1. The number of hydrogen-bond acceptors (Lipinski definition) is 6. The molecule has 0 aliphatic heterocycles. The van der Waals surface area contributed by atoms with Gasteiger partial charge in [-0.15, -0.1) is 11.3 Å². The topological polar surface area (TPSA) is 76.7 Å². The molecule has 7 heteroatoms. The molecule has 3 aromatic rings. The minimum absolute atomic E-state index is 0.0176. The van der Waals surface area contributed by atoms with E-state index in [2.05, 4.69) is 0 Å². The molecule has 0 saturated heterocycles. The Hall–Kier alpha value is -2.31. The number of hydrogen-bond donors (Lipinski definition) is 1. The Morgan fingerprint density at radius 2 is 2.09 bits per heavy atom. The number of thiophene rings is 1. The lowest BCUT2D eigenvalue weighted by Crippen LogP contribution is -2.14. The number of benzene rings is 1. The van der Waals surface area contributed by atoms with Crippen molar-refractivity contribution in [3.8, 4) is 5.75 Å². The van der Waals surface area contributed by atoms with Crippen LogP contribution in [-0.4, -0.2) is 23.5 Å². The second-order valence-electron chi connectivity index (χ2n) is 4.81. The van der Waals surface area contributed by atoms with Gasteiger partial charge in [-0.2, -0.15) is 0 Å². The largest absolute Gasteiger partial charge is 0.508 e. The number of phenolic OH excluding ortho intramolecular Hbond substituents is 1. The van der Waals surface area contributed by atoms with Crippen LogP contribution in [0.5, 0.6) is 5.75 Å². The van der Waals surface area contributed by atoms with Gasteiger partial charge in [-0.25, -0.2) is 0 Å². The van der Waals surface area contributed by atoms with Crippen LogP contribution in [0.1, 0.15) is 15.2 Å². The van der Waals surface area contributed by atoms with Crippen molar-refractivity contribution in [1.29, 1.82) is 0 Å². The molecular weight excluding hydrogens is 340 g/mol. The molecule has 0 unspecified atom stereocenters. The number of phenols is 1.